The Morgan fingerprint density at radius 2 is 0.658 bits per heavy atom. The predicted molar refractivity (Wildman–Crippen MR) is 334 cm³/mol. The monoisotopic (exact) mass is 1140 g/mol. The van der Waals surface area contributed by atoms with Crippen LogP contribution in [-0.4, -0.2) is 118 Å². The van der Waals surface area contributed by atoms with E-state index in [4.69, 9.17) is 23.0 Å². The van der Waals surface area contributed by atoms with Gasteiger partial charge >= 0.3 is 19.8 Å². The number of carbonyl (C=O) groups is 2. The van der Waals surface area contributed by atoms with Crippen molar-refractivity contribution in [2.75, 3.05) is 78.7 Å². The van der Waals surface area contributed by atoms with Gasteiger partial charge in [0.05, 0.1) is 19.8 Å². The van der Waals surface area contributed by atoms with Crippen molar-refractivity contribution in [2.45, 2.75) is 342 Å². The molecule has 2 aliphatic heterocycles. The number of piperidine rings is 2. The summed E-state index contributed by atoms with van der Waals surface area (Å²) in [5, 5.41) is 0. The summed E-state index contributed by atoms with van der Waals surface area (Å²) in [4.78, 5) is 33.9. The smallest absolute Gasteiger partial charge is 0.462 e. The Balaban J connectivity index is 1.84. The van der Waals surface area contributed by atoms with E-state index < -0.39 is 7.82 Å². The van der Waals surface area contributed by atoms with Crippen LogP contribution in [0.1, 0.15) is 329 Å². The average molecular weight is 1140 g/mol. The molecule has 0 spiro atoms. The number of likely N-dealkylation sites (tertiary alicyclic amines) is 2. The Morgan fingerprint density at radius 3 is 1.00 bits per heavy atom. The van der Waals surface area contributed by atoms with E-state index in [2.05, 4.69) is 42.4 Å². The lowest BCUT2D eigenvalue weighted by molar-refractivity contribution is -0.151. The van der Waals surface area contributed by atoms with Gasteiger partial charge < -0.3 is 24.2 Å². The molecular formula is C67H132N3O8P. The fourth-order valence-electron chi connectivity index (χ4n) is 11.6. The number of rotatable bonds is 59. The van der Waals surface area contributed by atoms with E-state index in [0.29, 0.717) is 32.7 Å². The number of nitrogens with zero attached hydrogens (tertiary/aromatic N) is 3. The minimum atomic E-state index is -3.75. The van der Waals surface area contributed by atoms with Gasteiger partial charge in [0.25, 0.3) is 0 Å². The predicted octanol–water partition coefficient (Wildman–Crippen LogP) is 19.3. The zero-order valence-corrected chi connectivity index (χ0v) is 53.8. The SMILES string of the molecule is CCCCCCCCC(CCCCCCCC)OC(=O)CCCCCCCOP(=O)(OCCCCCCCC(=O)OC(CCCCCCCC)CCCCCCCC)OCCCN(CCN1CCCCC1)CCN1CCCCC1. The molecule has 0 amide bonds. The van der Waals surface area contributed by atoms with E-state index in [9.17, 15) is 14.2 Å². The van der Waals surface area contributed by atoms with E-state index in [1.54, 1.807) is 0 Å². The van der Waals surface area contributed by atoms with Crippen molar-refractivity contribution in [3.63, 3.8) is 0 Å². The zero-order chi connectivity index (χ0) is 56.8. The number of ether oxygens (including phenoxy) is 2. The van der Waals surface area contributed by atoms with Gasteiger partial charge in [-0.1, -0.05) is 207 Å². The molecule has 0 aromatic heterocycles. The summed E-state index contributed by atoms with van der Waals surface area (Å²) in [6.45, 7) is 20.1. The summed E-state index contributed by atoms with van der Waals surface area (Å²) >= 11 is 0. The van der Waals surface area contributed by atoms with E-state index in [-0.39, 0.29) is 24.1 Å². The second-order valence-electron chi connectivity index (χ2n) is 24.4. The summed E-state index contributed by atoms with van der Waals surface area (Å²) in [6, 6.07) is 0. The molecular weight excluding hydrogens is 1010 g/mol. The van der Waals surface area contributed by atoms with E-state index in [1.807, 2.05) is 0 Å². The van der Waals surface area contributed by atoms with Crippen molar-refractivity contribution in [1.82, 2.24) is 14.7 Å². The lowest BCUT2D eigenvalue weighted by Gasteiger charge is -2.32. The van der Waals surface area contributed by atoms with Crippen molar-refractivity contribution in [3.05, 3.63) is 0 Å². The van der Waals surface area contributed by atoms with Gasteiger partial charge in [-0.3, -0.25) is 23.2 Å². The van der Waals surface area contributed by atoms with Crippen LogP contribution in [-0.2, 0) is 37.2 Å². The molecule has 2 rings (SSSR count). The van der Waals surface area contributed by atoms with Crippen LogP contribution in [0.4, 0.5) is 0 Å². The van der Waals surface area contributed by atoms with Gasteiger partial charge in [0.1, 0.15) is 12.2 Å². The topological polar surface area (TPSA) is 107 Å². The molecule has 0 saturated carbocycles. The number of phosphoric acid groups is 1. The Kier molecular flexibility index (Phi) is 51.4. The maximum Gasteiger partial charge on any atom is 0.474 e. The van der Waals surface area contributed by atoms with Gasteiger partial charge in [0.15, 0.2) is 0 Å². The molecule has 0 N–H and O–H groups in total. The van der Waals surface area contributed by atoms with Crippen molar-refractivity contribution >= 4 is 19.8 Å². The summed E-state index contributed by atoms with van der Waals surface area (Å²) in [5.41, 5.74) is 0. The number of hydrogen-bond acceptors (Lipinski definition) is 11. The summed E-state index contributed by atoms with van der Waals surface area (Å²) < 4.78 is 44.6. The maximum atomic E-state index is 14.2. The van der Waals surface area contributed by atoms with Gasteiger partial charge in [-0.2, -0.15) is 0 Å². The Morgan fingerprint density at radius 1 is 0.367 bits per heavy atom. The molecule has 0 radical (unpaired) electrons. The van der Waals surface area contributed by atoms with Crippen LogP contribution in [0, 0.1) is 0 Å². The van der Waals surface area contributed by atoms with Crippen LogP contribution >= 0.6 is 7.82 Å². The third-order valence-corrected chi connectivity index (χ3v) is 18.4. The molecule has 11 nitrogen and oxygen atoms in total. The first-order chi connectivity index (χ1) is 38.8. The Hall–Kier alpha value is -1.07. The second kappa shape index (κ2) is 54.8. The molecule has 468 valence electrons. The van der Waals surface area contributed by atoms with Crippen LogP contribution in [0.25, 0.3) is 0 Å². The molecule has 2 aliphatic rings. The molecule has 0 aliphatic carbocycles. The highest BCUT2D eigenvalue weighted by atomic mass is 31.2. The standard InChI is InChI=1S/C67H132N3O8P/c1-5-9-13-17-23-33-46-64(47-34-24-18-14-10-6-2)77-66(71)50-37-27-21-29-43-61-74-79(73,76-63-45-56-70(59-57-68-52-39-31-40-53-68)60-58-69-54-41-32-42-55-69)75-62-44-30-22-28-38-51-67(72)78-65(48-35-25-19-15-11-7-3)49-36-26-20-16-12-8-4/h64-65H,5-63H2,1-4H3. The van der Waals surface area contributed by atoms with Crippen molar-refractivity contribution in [3.8, 4) is 0 Å². The van der Waals surface area contributed by atoms with Gasteiger partial charge in [0, 0.05) is 45.6 Å². The highest BCUT2D eigenvalue weighted by molar-refractivity contribution is 7.48. The van der Waals surface area contributed by atoms with Crippen LogP contribution in [0.3, 0.4) is 0 Å². The lowest BCUT2D eigenvalue weighted by atomic mass is 10.0. The number of unbranched alkanes of at least 4 members (excludes halogenated alkanes) is 28. The third kappa shape index (κ3) is 46.0. The maximum absolute atomic E-state index is 14.2. The normalized spacial score (nSPS) is 14.8. The van der Waals surface area contributed by atoms with Crippen LogP contribution in [0.2, 0.25) is 0 Å². The average Bonchev–Trinajstić information content (AvgIpc) is 3.46. The molecule has 2 heterocycles. The molecule has 0 aromatic carbocycles. The lowest BCUT2D eigenvalue weighted by Crippen LogP contribution is -2.42. The molecule has 0 unspecified atom stereocenters. The summed E-state index contributed by atoms with van der Waals surface area (Å²) in [7, 11) is -3.75. The van der Waals surface area contributed by atoms with E-state index >= 15 is 0 Å². The van der Waals surface area contributed by atoms with Gasteiger partial charge in [-0.15, -0.1) is 0 Å². The van der Waals surface area contributed by atoms with E-state index in [1.165, 1.54) is 193 Å². The van der Waals surface area contributed by atoms with Gasteiger partial charge in [0.2, 0.25) is 0 Å². The molecule has 12 heteroatoms. The van der Waals surface area contributed by atoms with Crippen molar-refractivity contribution < 1.29 is 37.2 Å². The number of phosphoric ester groups is 1. The Bertz CT molecular complexity index is 1260. The second-order valence-corrected chi connectivity index (χ2v) is 26.1. The Labute approximate surface area is 490 Å². The fourth-order valence-corrected chi connectivity index (χ4v) is 12.9. The summed E-state index contributed by atoms with van der Waals surface area (Å²) in [5.74, 6) is -0.0672. The number of esters is 2. The van der Waals surface area contributed by atoms with E-state index in [0.717, 1.165) is 155 Å². The molecule has 0 aromatic rings. The number of carbonyl (C=O) groups excluding carboxylic acids is 2. The highest BCUT2D eigenvalue weighted by Crippen LogP contribution is 2.50. The molecule has 79 heavy (non-hydrogen) atoms. The minimum Gasteiger partial charge on any atom is -0.462 e. The third-order valence-electron chi connectivity index (χ3n) is 16.9. The van der Waals surface area contributed by atoms with Gasteiger partial charge in [-0.25, -0.2) is 4.57 Å². The van der Waals surface area contributed by atoms with Crippen LogP contribution in [0.15, 0.2) is 0 Å². The fraction of sp³-hybridized carbons (Fsp3) is 0.970. The first kappa shape index (κ1) is 74.0. The first-order valence-electron chi connectivity index (χ1n) is 34.9. The quantitative estimate of drug-likeness (QED) is 0.0330. The first-order valence-corrected chi connectivity index (χ1v) is 36.4. The molecule has 0 bridgehead atoms. The molecule has 2 saturated heterocycles. The van der Waals surface area contributed by atoms with Crippen molar-refractivity contribution in [1.29, 1.82) is 0 Å². The zero-order valence-electron chi connectivity index (χ0n) is 52.9. The summed E-state index contributed by atoms with van der Waals surface area (Å²) in [6.07, 6.45) is 53.0. The minimum absolute atomic E-state index is 0.0336. The largest absolute Gasteiger partial charge is 0.474 e. The van der Waals surface area contributed by atoms with Crippen LogP contribution in [0.5, 0.6) is 0 Å². The molecule has 2 fully saturated rings. The van der Waals surface area contributed by atoms with Crippen molar-refractivity contribution in [2.24, 2.45) is 0 Å². The highest BCUT2D eigenvalue weighted by Gasteiger charge is 2.27. The number of hydrogen-bond donors (Lipinski definition) is 0. The molecule has 0 atom stereocenters. The van der Waals surface area contributed by atoms with Gasteiger partial charge in [-0.05, 0) is 135 Å². The van der Waals surface area contributed by atoms with Crippen LogP contribution < -0.4 is 0 Å².